The number of nitro benzene ring substituents is 1. The molecule has 0 aliphatic carbocycles. The second-order valence-electron chi connectivity index (χ2n) is 4.33. The predicted octanol–water partition coefficient (Wildman–Crippen LogP) is 0.238. The average molecular weight is 321 g/mol. The second kappa shape index (κ2) is 5.07. The fourth-order valence-corrected chi connectivity index (χ4v) is 2.19. The predicted molar refractivity (Wildman–Crippen MR) is 76.1 cm³/mol. The lowest BCUT2D eigenvalue weighted by Crippen LogP contribution is -2.51. The Bertz CT molecular complexity index is 750. The first-order valence-corrected chi connectivity index (χ1v) is 6.33. The van der Waals surface area contributed by atoms with Crippen LogP contribution in [0.1, 0.15) is 5.56 Å². The molecule has 0 bridgehead atoms. The van der Waals surface area contributed by atoms with Crippen LogP contribution in [0, 0.1) is 10.1 Å². The number of nitro groups is 1. The third-order valence-electron chi connectivity index (χ3n) is 2.93. The lowest BCUT2D eigenvalue weighted by Gasteiger charge is -2.16. The monoisotopic (exact) mass is 321 g/mol. The normalized spacial score (nSPS) is 16.2. The van der Waals surface area contributed by atoms with Crippen LogP contribution in [0.15, 0.2) is 17.7 Å². The Labute approximate surface area is 128 Å². The van der Waals surface area contributed by atoms with Crippen LogP contribution in [0.2, 0.25) is 0 Å². The molecule has 0 unspecified atom stereocenters. The summed E-state index contributed by atoms with van der Waals surface area (Å²) in [7, 11) is 0. The number of thiocarbonyl (C=S) groups is 1. The molecule has 0 radical (unpaired) electrons. The van der Waals surface area contributed by atoms with E-state index in [-0.39, 0.29) is 40.2 Å². The zero-order valence-corrected chi connectivity index (χ0v) is 11.6. The van der Waals surface area contributed by atoms with Crippen LogP contribution >= 0.6 is 12.2 Å². The molecule has 2 heterocycles. The zero-order valence-electron chi connectivity index (χ0n) is 10.7. The Kier molecular flexibility index (Phi) is 3.22. The van der Waals surface area contributed by atoms with Gasteiger partial charge in [-0.25, -0.2) is 0 Å². The first-order chi connectivity index (χ1) is 10.5. The van der Waals surface area contributed by atoms with Gasteiger partial charge in [-0.1, -0.05) is 0 Å². The topological polar surface area (TPSA) is 120 Å². The molecule has 1 aromatic rings. The van der Waals surface area contributed by atoms with E-state index in [1.54, 1.807) is 0 Å². The van der Waals surface area contributed by atoms with Gasteiger partial charge in [-0.3, -0.25) is 30.3 Å². The molecule has 112 valence electrons. The number of carbonyl (C=O) groups excluding carboxylic acids is 2. The van der Waals surface area contributed by atoms with Crippen LogP contribution in [0.5, 0.6) is 11.5 Å². The minimum Gasteiger partial charge on any atom is -0.453 e. The first-order valence-electron chi connectivity index (χ1n) is 5.92. The van der Waals surface area contributed by atoms with E-state index in [9.17, 15) is 19.7 Å². The Morgan fingerprint density at radius 3 is 2.55 bits per heavy atom. The standard InChI is InChI=1S/C12H7N3O6S/c16-10-6(11(17)14-12(22)13-10)1-5-2-7(15(18)19)9-8(3-5)20-4-21-9/h1-3H,4H2,(H2,13,14,16,17,22). The SMILES string of the molecule is O=C1NC(=S)NC(=O)C1=Cc1cc2c(c([N+](=O)[O-])c1)OCO2. The third-order valence-corrected chi connectivity index (χ3v) is 3.13. The highest BCUT2D eigenvalue weighted by molar-refractivity contribution is 7.80. The number of hydrogen-bond donors (Lipinski definition) is 2. The summed E-state index contributed by atoms with van der Waals surface area (Å²) in [6.07, 6.45) is 1.21. The van der Waals surface area contributed by atoms with Crippen molar-refractivity contribution < 1.29 is 24.0 Å². The van der Waals surface area contributed by atoms with Crippen molar-refractivity contribution in [2.24, 2.45) is 0 Å². The van der Waals surface area contributed by atoms with Crippen LogP contribution in [-0.4, -0.2) is 28.6 Å². The molecule has 1 aromatic carbocycles. The third kappa shape index (κ3) is 2.35. The summed E-state index contributed by atoms with van der Waals surface area (Å²) in [6, 6.07) is 2.63. The maximum absolute atomic E-state index is 11.8. The van der Waals surface area contributed by atoms with Gasteiger partial charge in [-0.2, -0.15) is 0 Å². The van der Waals surface area contributed by atoms with Gasteiger partial charge in [0.1, 0.15) is 5.57 Å². The quantitative estimate of drug-likeness (QED) is 0.263. The van der Waals surface area contributed by atoms with Crippen LogP contribution in [0.3, 0.4) is 0 Å². The van der Waals surface area contributed by atoms with Crippen molar-refractivity contribution in [3.63, 3.8) is 0 Å². The number of fused-ring (bicyclic) bond motifs is 1. The molecule has 2 aliphatic rings. The van der Waals surface area contributed by atoms with Gasteiger partial charge in [0, 0.05) is 6.07 Å². The first kappa shape index (κ1) is 13.9. The maximum Gasteiger partial charge on any atom is 0.315 e. The largest absolute Gasteiger partial charge is 0.453 e. The van der Waals surface area contributed by atoms with Crippen molar-refractivity contribution in [3.8, 4) is 11.5 Å². The molecule has 0 spiro atoms. The summed E-state index contributed by atoms with van der Waals surface area (Å²) in [5, 5.41) is 15.5. The van der Waals surface area contributed by atoms with E-state index >= 15 is 0 Å². The van der Waals surface area contributed by atoms with E-state index in [1.807, 2.05) is 0 Å². The number of nitrogens with one attached hydrogen (secondary N) is 2. The number of ether oxygens (including phenoxy) is 2. The molecule has 0 aromatic heterocycles. The molecule has 2 aliphatic heterocycles. The zero-order chi connectivity index (χ0) is 15.9. The summed E-state index contributed by atoms with van der Waals surface area (Å²) in [6.45, 7) is -0.133. The molecule has 1 fully saturated rings. The Balaban J connectivity index is 2.06. The Morgan fingerprint density at radius 2 is 1.91 bits per heavy atom. The highest BCUT2D eigenvalue weighted by Gasteiger charge is 2.29. The number of rotatable bonds is 2. The minimum atomic E-state index is -0.686. The van der Waals surface area contributed by atoms with Crippen molar-refractivity contribution in [1.82, 2.24) is 10.6 Å². The summed E-state index contributed by atoms with van der Waals surface area (Å²) in [5.74, 6) is -1.18. The van der Waals surface area contributed by atoms with Crippen molar-refractivity contribution in [2.75, 3.05) is 6.79 Å². The van der Waals surface area contributed by atoms with Gasteiger partial charge in [0.05, 0.1) is 4.92 Å². The summed E-state index contributed by atoms with van der Waals surface area (Å²) in [5.41, 5.74) is -0.278. The van der Waals surface area contributed by atoms with Crippen molar-refractivity contribution >= 4 is 40.9 Å². The van der Waals surface area contributed by atoms with Gasteiger partial charge >= 0.3 is 5.69 Å². The van der Waals surface area contributed by atoms with Crippen LogP contribution in [-0.2, 0) is 9.59 Å². The highest BCUT2D eigenvalue weighted by Crippen LogP contribution is 2.41. The maximum atomic E-state index is 11.8. The van der Waals surface area contributed by atoms with E-state index in [4.69, 9.17) is 9.47 Å². The smallest absolute Gasteiger partial charge is 0.315 e. The van der Waals surface area contributed by atoms with E-state index in [0.717, 1.165) is 0 Å². The summed E-state index contributed by atoms with van der Waals surface area (Å²) >= 11 is 4.68. The molecule has 10 heteroatoms. The lowest BCUT2D eigenvalue weighted by molar-refractivity contribution is -0.385. The van der Waals surface area contributed by atoms with Gasteiger partial charge in [-0.05, 0) is 29.9 Å². The van der Waals surface area contributed by atoms with E-state index < -0.39 is 16.7 Å². The Morgan fingerprint density at radius 1 is 1.23 bits per heavy atom. The minimum absolute atomic E-state index is 0.0193. The second-order valence-corrected chi connectivity index (χ2v) is 4.73. The van der Waals surface area contributed by atoms with E-state index in [0.29, 0.717) is 0 Å². The summed E-state index contributed by atoms with van der Waals surface area (Å²) < 4.78 is 10.1. The van der Waals surface area contributed by atoms with Crippen molar-refractivity contribution in [2.45, 2.75) is 0 Å². The van der Waals surface area contributed by atoms with Gasteiger partial charge < -0.3 is 9.47 Å². The Hall–Kier alpha value is -3.01. The molecular formula is C12H7N3O6S. The molecule has 3 rings (SSSR count). The molecule has 22 heavy (non-hydrogen) atoms. The number of benzene rings is 1. The molecule has 9 nitrogen and oxygen atoms in total. The molecule has 0 atom stereocenters. The molecule has 1 saturated heterocycles. The van der Waals surface area contributed by atoms with Gasteiger partial charge in [0.15, 0.2) is 10.9 Å². The average Bonchev–Trinajstić information content (AvgIpc) is 2.89. The number of carbonyl (C=O) groups is 2. The highest BCUT2D eigenvalue weighted by atomic mass is 32.1. The van der Waals surface area contributed by atoms with E-state index in [1.165, 1.54) is 18.2 Å². The molecular weight excluding hydrogens is 314 g/mol. The van der Waals surface area contributed by atoms with Gasteiger partial charge in [0.2, 0.25) is 12.5 Å². The number of hydrogen-bond acceptors (Lipinski definition) is 7. The van der Waals surface area contributed by atoms with Crippen LogP contribution in [0.25, 0.3) is 6.08 Å². The van der Waals surface area contributed by atoms with Crippen molar-refractivity contribution in [1.29, 1.82) is 0 Å². The number of amides is 2. The fraction of sp³-hybridized carbons (Fsp3) is 0.0833. The van der Waals surface area contributed by atoms with Gasteiger partial charge in [-0.15, -0.1) is 0 Å². The lowest BCUT2D eigenvalue weighted by atomic mass is 10.1. The molecule has 2 N–H and O–H groups in total. The number of nitrogens with zero attached hydrogens (tertiary/aromatic N) is 1. The molecule has 0 saturated carbocycles. The van der Waals surface area contributed by atoms with Crippen LogP contribution < -0.4 is 20.1 Å². The fourth-order valence-electron chi connectivity index (χ4n) is 2.00. The van der Waals surface area contributed by atoms with Gasteiger partial charge in [0.25, 0.3) is 11.8 Å². The van der Waals surface area contributed by atoms with Crippen LogP contribution in [0.4, 0.5) is 5.69 Å². The van der Waals surface area contributed by atoms with E-state index in [2.05, 4.69) is 22.9 Å². The summed E-state index contributed by atoms with van der Waals surface area (Å²) in [4.78, 5) is 33.9. The van der Waals surface area contributed by atoms with Crippen molar-refractivity contribution in [3.05, 3.63) is 33.4 Å². The molecule has 2 amide bonds.